The molecule has 1 aliphatic heterocycles. The highest BCUT2D eigenvalue weighted by atomic mass is 15.2. The van der Waals surface area contributed by atoms with Crippen molar-refractivity contribution in [2.24, 2.45) is 5.73 Å². The molecule has 1 unspecified atom stereocenters. The smallest absolute Gasteiger partial charge is 0.0768 e. The molecule has 2 fully saturated rings. The van der Waals surface area contributed by atoms with Gasteiger partial charge >= 0.3 is 0 Å². The number of nitrogens with two attached hydrogens (primary N) is 1. The molecule has 0 aromatic rings. The minimum Gasteiger partial charge on any atom is -0.360 e. The summed E-state index contributed by atoms with van der Waals surface area (Å²) in [5, 5.41) is 0. The molecular formula is C15H30N2. The summed E-state index contributed by atoms with van der Waals surface area (Å²) >= 11 is 0. The van der Waals surface area contributed by atoms with Crippen LogP contribution in [0.4, 0.5) is 0 Å². The Hall–Kier alpha value is -0.500. The van der Waals surface area contributed by atoms with Crippen LogP contribution < -0.4 is 5.73 Å². The average molecular weight is 238 g/mol. The molecule has 17 heavy (non-hydrogen) atoms. The molecule has 1 saturated heterocycles. The molecular weight excluding hydrogens is 208 g/mol. The predicted octanol–water partition coefficient (Wildman–Crippen LogP) is 4.02. The lowest BCUT2D eigenvalue weighted by atomic mass is 10.2. The molecule has 2 rings (SSSR count). The van der Waals surface area contributed by atoms with E-state index in [9.17, 15) is 0 Å². The summed E-state index contributed by atoms with van der Waals surface area (Å²) < 4.78 is 0. The topological polar surface area (TPSA) is 29.3 Å². The van der Waals surface area contributed by atoms with Gasteiger partial charge < -0.3 is 10.6 Å². The van der Waals surface area contributed by atoms with Gasteiger partial charge in [-0.15, -0.1) is 0 Å². The summed E-state index contributed by atoms with van der Waals surface area (Å²) in [6.45, 7) is 7.17. The Bertz CT molecular complexity index is 193. The van der Waals surface area contributed by atoms with E-state index in [0.29, 0.717) is 0 Å². The van der Waals surface area contributed by atoms with E-state index in [0.717, 1.165) is 19.4 Å². The number of hydrogen-bond acceptors (Lipinski definition) is 2. The van der Waals surface area contributed by atoms with E-state index >= 15 is 0 Å². The lowest BCUT2D eigenvalue weighted by molar-refractivity contribution is 0.320. The fraction of sp³-hybridized carbons (Fsp3) is 0.867. The zero-order chi connectivity index (χ0) is 12.5. The molecule has 1 heterocycles. The van der Waals surface area contributed by atoms with Crippen LogP contribution in [-0.4, -0.2) is 17.6 Å². The Morgan fingerprint density at radius 1 is 1.06 bits per heavy atom. The van der Waals surface area contributed by atoms with Crippen LogP contribution >= 0.6 is 0 Å². The summed E-state index contributed by atoms with van der Waals surface area (Å²) in [6, 6.07) is 0. The Morgan fingerprint density at radius 2 is 1.53 bits per heavy atom. The van der Waals surface area contributed by atoms with E-state index in [2.05, 4.69) is 18.4 Å². The first-order chi connectivity index (χ1) is 8.25. The van der Waals surface area contributed by atoms with Crippen LogP contribution in [0.5, 0.6) is 0 Å². The van der Waals surface area contributed by atoms with Crippen LogP contribution in [0.2, 0.25) is 0 Å². The van der Waals surface area contributed by atoms with E-state index in [-0.39, 0.29) is 6.17 Å². The number of nitrogens with zero attached hydrogens (tertiary/aromatic N) is 1. The van der Waals surface area contributed by atoms with E-state index in [1.165, 1.54) is 57.1 Å². The molecule has 0 aromatic carbocycles. The van der Waals surface area contributed by atoms with E-state index in [1.807, 2.05) is 0 Å². The lowest BCUT2D eigenvalue weighted by Gasteiger charge is -2.24. The maximum absolute atomic E-state index is 5.82. The number of rotatable bonds is 2. The average Bonchev–Trinajstić information content (AvgIpc) is 2.61. The van der Waals surface area contributed by atoms with Crippen molar-refractivity contribution in [3.8, 4) is 0 Å². The molecule has 0 amide bonds. The maximum Gasteiger partial charge on any atom is 0.0768 e. The molecule has 0 bridgehead atoms. The Kier molecular flexibility index (Phi) is 7.34. The van der Waals surface area contributed by atoms with E-state index in [1.54, 1.807) is 0 Å². The fourth-order valence-corrected chi connectivity index (χ4v) is 2.63. The molecule has 2 N–H and O–H groups in total. The van der Waals surface area contributed by atoms with Gasteiger partial charge in [0, 0.05) is 12.2 Å². The van der Waals surface area contributed by atoms with Crippen molar-refractivity contribution in [2.75, 3.05) is 6.54 Å². The lowest BCUT2D eigenvalue weighted by Crippen LogP contribution is -2.35. The zero-order valence-corrected chi connectivity index (χ0v) is 11.6. The van der Waals surface area contributed by atoms with Crippen LogP contribution in [0.3, 0.4) is 0 Å². The third kappa shape index (κ3) is 5.58. The molecule has 2 aliphatic rings. The monoisotopic (exact) mass is 238 g/mol. The second-order valence-electron chi connectivity index (χ2n) is 5.30. The second kappa shape index (κ2) is 8.57. The van der Waals surface area contributed by atoms with Gasteiger partial charge in [-0.2, -0.15) is 0 Å². The van der Waals surface area contributed by atoms with Gasteiger partial charge in [-0.1, -0.05) is 58.4 Å². The highest BCUT2D eigenvalue weighted by molar-refractivity contribution is 4.97. The van der Waals surface area contributed by atoms with Gasteiger partial charge in [0.1, 0.15) is 0 Å². The van der Waals surface area contributed by atoms with E-state index in [4.69, 9.17) is 5.73 Å². The van der Waals surface area contributed by atoms with Crippen LogP contribution in [0.1, 0.15) is 71.1 Å². The van der Waals surface area contributed by atoms with E-state index < -0.39 is 0 Å². The number of hydrogen-bond donors (Lipinski definition) is 1. The number of allylic oxidation sites excluding steroid dienone is 1. The van der Waals surface area contributed by atoms with Gasteiger partial charge in [-0.25, -0.2) is 0 Å². The van der Waals surface area contributed by atoms with Crippen molar-refractivity contribution in [3.63, 3.8) is 0 Å². The highest BCUT2D eigenvalue weighted by Gasteiger charge is 2.20. The second-order valence-corrected chi connectivity index (χ2v) is 5.30. The fourth-order valence-electron chi connectivity index (χ4n) is 2.63. The molecule has 100 valence electrons. The van der Waals surface area contributed by atoms with Crippen molar-refractivity contribution in [1.29, 1.82) is 0 Å². The summed E-state index contributed by atoms with van der Waals surface area (Å²) in [4.78, 5) is 2.21. The molecule has 1 saturated carbocycles. The largest absolute Gasteiger partial charge is 0.360 e. The van der Waals surface area contributed by atoms with Crippen LogP contribution in [0, 0.1) is 0 Å². The van der Waals surface area contributed by atoms with Crippen molar-refractivity contribution < 1.29 is 0 Å². The first-order valence-corrected chi connectivity index (χ1v) is 7.45. The minimum absolute atomic E-state index is 0.243. The Balaban J connectivity index is 0.000000181. The molecule has 2 heteroatoms. The van der Waals surface area contributed by atoms with Crippen LogP contribution in [-0.2, 0) is 0 Å². The Morgan fingerprint density at radius 3 is 1.82 bits per heavy atom. The summed E-state index contributed by atoms with van der Waals surface area (Å²) in [5.41, 5.74) is 7.01. The SMILES string of the molecule is C1CCCCCC1.C=C(CC)N1CCCC1N. The van der Waals surface area contributed by atoms with Gasteiger partial charge in [0.05, 0.1) is 6.17 Å². The molecule has 0 radical (unpaired) electrons. The standard InChI is InChI=1S/C8H16N2.C7H14/c1-3-7(2)10-6-4-5-8(10)9;1-2-4-6-7-5-3-1/h8H,2-6,9H2,1H3;1-7H2. The first-order valence-electron chi connectivity index (χ1n) is 7.45. The molecule has 1 aliphatic carbocycles. The third-order valence-electron chi connectivity index (χ3n) is 3.86. The predicted molar refractivity (Wildman–Crippen MR) is 75.7 cm³/mol. The van der Waals surface area contributed by atoms with Crippen LogP contribution in [0.25, 0.3) is 0 Å². The summed E-state index contributed by atoms with van der Waals surface area (Å²) in [7, 11) is 0. The van der Waals surface area contributed by atoms with Crippen molar-refractivity contribution in [3.05, 3.63) is 12.3 Å². The first kappa shape index (κ1) is 14.6. The molecule has 0 spiro atoms. The quantitative estimate of drug-likeness (QED) is 0.736. The van der Waals surface area contributed by atoms with Crippen molar-refractivity contribution in [1.82, 2.24) is 4.90 Å². The van der Waals surface area contributed by atoms with Crippen molar-refractivity contribution >= 4 is 0 Å². The van der Waals surface area contributed by atoms with Crippen molar-refractivity contribution in [2.45, 2.75) is 77.3 Å². The van der Waals surface area contributed by atoms with Crippen LogP contribution in [0.15, 0.2) is 12.3 Å². The normalized spacial score (nSPS) is 24.8. The Labute approximate surface area is 107 Å². The zero-order valence-electron chi connectivity index (χ0n) is 11.6. The van der Waals surface area contributed by atoms with Gasteiger partial charge in [0.15, 0.2) is 0 Å². The molecule has 2 nitrogen and oxygen atoms in total. The van der Waals surface area contributed by atoms with Gasteiger partial charge in [0.25, 0.3) is 0 Å². The summed E-state index contributed by atoms with van der Waals surface area (Å²) in [5.74, 6) is 0. The highest BCUT2D eigenvalue weighted by Crippen LogP contribution is 2.18. The van der Waals surface area contributed by atoms with Gasteiger partial charge in [0.2, 0.25) is 0 Å². The van der Waals surface area contributed by atoms with Gasteiger partial charge in [-0.3, -0.25) is 0 Å². The molecule has 0 aromatic heterocycles. The summed E-state index contributed by atoms with van der Waals surface area (Å²) in [6.07, 6.45) is 14.1. The van der Waals surface area contributed by atoms with Gasteiger partial charge in [-0.05, 0) is 19.3 Å². The maximum atomic E-state index is 5.82. The molecule has 1 atom stereocenters. The minimum atomic E-state index is 0.243. The third-order valence-corrected chi connectivity index (χ3v) is 3.86. The number of likely N-dealkylation sites (tertiary alicyclic amines) is 1.